The minimum atomic E-state index is -0.423. The summed E-state index contributed by atoms with van der Waals surface area (Å²) < 4.78 is 5.41. The lowest BCUT2D eigenvalue weighted by Gasteiger charge is -2.45. The van der Waals surface area contributed by atoms with Crippen molar-refractivity contribution >= 4 is 5.97 Å². The summed E-state index contributed by atoms with van der Waals surface area (Å²) >= 11 is 0. The van der Waals surface area contributed by atoms with Gasteiger partial charge in [-0.2, -0.15) is 0 Å². The Hall–Kier alpha value is -0.610. The number of rotatable bonds is 5. The molecule has 0 heterocycles. The van der Waals surface area contributed by atoms with Gasteiger partial charge in [-0.3, -0.25) is 9.69 Å². The monoisotopic (exact) mass is 284 g/mol. The molecule has 0 aromatic carbocycles. The van der Waals surface area contributed by atoms with Crippen LogP contribution in [0.5, 0.6) is 0 Å². The van der Waals surface area contributed by atoms with Gasteiger partial charge in [-0.1, -0.05) is 13.3 Å². The molecule has 0 radical (unpaired) electrons. The van der Waals surface area contributed by atoms with Crippen LogP contribution >= 0.6 is 0 Å². The normalized spacial score (nSPS) is 27.6. The van der Waals surface area contributed by atoms with Crippen LogP contribution in [0.3, 0.4) is 0 Å². The summed E-state index contributed by atoms with van der Waals surface area (Å²) in [5.74, 6) is 0.662. The quantitative estimate of drug-likeness (QED) is 0.788. The van der Waals surface area contributed by atoms with E-state index >= 15 is 0 Å². The van der Waals surface area contributed by atoms with Gasteiger partial charge in [-0.05, 0) is 59.4 Å². The Bertz CT molecular complexity index is 315. The maximum absolute atomic E-state index is 12.0. The Kier molecular flexibility index (Phi) is 6.02. The van der Waals surface area contributed by atoms with Crippen molar-refractivity contribution in [3.05, 3.63) is 0 Å². The number of carbonyl (C=O) groups excluding carboxylic acids is 1. The van der Waals surface area contributed by atoms with E-state index in [1.54, 1.807) is 0 Å². The van der Waals surface area contributed by atoms with Crippen molar-refractivity contribution in [2.75, 3.05) is 20.1 Å². The summed E-state index contributed by atoms with van der Waals surface area (Å²) in [4.78, 5) is 14.1. The minimum absolute atomic E-state index is 0.0252. The van der Waals surface area contributed by atoms with Crippen LogP contribution in [0.15, 0.2) is 0 Å². The van der Waals surface area contributed by atoms with Crippen molar-refractivity contribution in [3.8, 4) is 0 Å². The topological polar surface area (TPSA) is 55.6 Å². The first-order valence-corrected chi connectivity index (χ1v) is 7.85. The number of hydrogen-bond acceptors (Lipinski definition) is 4. The Labute approximate surface area is 124 Å². The van der Waals surface area contributed by atoms with Crippen LogP contribution in [0.2, 0.25) is 0 Å². The molecule has 1 fully saturated rings. The smallest absolute Gasteiger partial charge is 0.320 e. The third-order valence-electron chi connectivity index (χ3n) is 4.59. The summed E-state index contributed by atoms with van der Waals surface area (Å²) in [5, 5.41) is 0. The van der Waals surface area contributed by atoms with E-state index in [0.717, 1.165) is 18.8 Å². The van der Waals surface area contributed by atoms with Gasteiger partial charge in [0.25, 0.3) is 0 Å². The molecule has 0 spiro atoms. The third-order valence-corrected chi connectivity index (χ3v) is 4.59. The molecule has 2 N–H and O–H groups in total. The first-order chi connectivity index (χ1) is 9.22. The minimum Gasteiger partial charge on any atom is -0.459 e. The van der Waals surface area contributed by atoms with Crippen LogP contribution in [0.4, 0.5) is 0 Å². The highest BCUT2D eigenvalue weighted by atomic mass is 16.6. The molecule has 1 saturated carbocycles. The van der Waals surface area contributed by atoms with Crippen molar-refractivity contribution in [2.45, 2.75) is 70.9 Å². The largest absolute Gasteiger partial charge is 0.459 e. The zero-order chi connectivity index (χ0) is 15.4. The van der Waals surface area contributed by atoms with Crippen molar-refractivity contribution < 1.29 is 9.53 Å². The third kappa shape index (κ3) is 4.74. The van der Waals surface area contributed by atoms with Crippen molar-refractivity contribution in [1.82, 2.24) is 4.90 Å². The number of ether oxygens (including phenoxy) is 1. The van der Waals surface area contributed by atoms with Gasteiger partial charge < -0.3 is 10.5 Å². The van der Waals surface area contributed by atoms with Crippen LogP contribution in [0.25, 0.3) is 0 Å². The first kappa shape index (κ1) is 17.4. The molecule has 20 heavy (non-hydrogen) atoms. The molecule has 1 rings (SSSR count). The fourth-order valence-electron chi connectivity index (χ4n) is 3.10. The maximum atomic E-state index is 12.0. The summed E-state index contributed by atoms with van der Waals surface area (Å²) in [7, 11) is 2.00. The van der Waals surface area contributed by atoms with Gasteiger partial charge in [0.15, 0.2) is 0 Å². The predicted molar refractivity (Wildman–Crippen MR) is 82.5 cm³/mol. The Morgan fingerprint density at radius 1 is 1.35 bits per heavy atom. The number of nitrogens with zero attached hydrogens (tertiary/aromatic N) is 1. The van der Waals surface area contributed by atoms with Crippen LogP contribution in [-0.2, 0) is 9.53 Å². The van der Waals surface area contributed by atoms with Crippen LogP contribution in [0.1, 0.15) is 59.8 Å². The second-order valence-electron chi connectivity index (χ2n) is 7.22. The lowest BCUT2D eigenvalue weighted by atomic mass is 9.74. The van der Waals surface area contributed by atoms with Gasteiger partial charge in [0.2, 0.25) is 0 Å². The highest BCUT2D eigenvalue weighted by Crippen LogP contribution is 2.36. The van der Waals surface area contributed by atoms with E-state index in [-0.39, 0.29) is 11.5 Å². The molecule has 0 saturated heterocycles. The number of esters is 1. The molecule has 4 nitrogen and oxygen atoms in total. The van der Waals surface area contributed by atoms with Crippen LogP contribution in [-0.4, -0.2) is 42.1 Å². The van der Waals surface area contributed by atoms with E-state index in [2.05, 4.69) is 11.8 Å². The van der Waals surface area contributed by atoms with Crippen molar-refractivity contribution in [1.29, 1.82) is 0 Å². The first-order valence-electron chi connectivity index (χ1n) is 7.85. The fourth-order valence-corrected chi connectivity index (χ4v) is 3.10. The number of likely N-dealkylation sites (N-methyl/N-ethyl adjacent to an activating group) is 1. The van der Waals surface area contributed by atoms with Crippen LogP contribution < -0.4 is 5.73 Å². The molecule has 0 unspecified atom stereocenters. The SMILES string of the molecule is CCC1CCC(CN)(N(C)CC(=O)OC(C)(C)C)CC1. The zero-order valence-corrected chi connectivity index (χ0v) is 13.9. The lowest BCUT2D eigenvalue weighted by molar-refractivity contribution is -0.157. The van der Waals surface area contributed by atoms with Crippen molar-refractivity contribution in [3.63, 3.8) is 0 Å². The van der Waals surface area contributed by atoms with E-state index in [1.165, 1.54) is 19.3 Å². The average molecular weight is 284 g/mol. The second-order valence-corrected chi connectivity index (χ2v) is 7.22. The van der Waals surface area contributed by atoms with Gasteiger partial charge in [0.1, 0.15) is 5.60 Å². The molecule has 0 aromatic heterocycles. The molecular formula is C16H32N2O2. The molecule has 0 amide bonds. The Morgan fingerprint density at radius 3 is 2.30 bits per heavy atom. The number of carbonyl (C=O) groups is 1. The maximum Gasteiger partial charge on any atom is 0.320 e. The molecule has 1 aliphatic rings. The molecule has 4 heteroatoms. The highest BCUT2D eigenvalue weighted by Gasteiger charge is 2.38. The molecule has 0 atom stereocenters. The zero-order valence-electron chi connectivity index (χ0n) is 13.9. The van der Waals surface area contributed by atoms with Crippen molar-refractivity contribution in [2.24, 2.45) is 11.7 Å². The standard InChI is InChI=1S/C16H32N2O2/c1-6-13-7-9-16(12-17,10-8-13)18(5)11-14(19)20-15(2,3)4/h13H,6-12,17H2,1-5H3. The number of hydrogen-bond donors (Lipinski definition) is 1. The molecule has 0 aliphatic heterocycles. The van der Waals surface area contributed by atoms with E-state index < -0.39 is 5.60 Å². The molecule has 0 bridgehead atoms. The number of nitrogens with two attached hydrogens (primary N) is 1. The van der Waals surface area contributed by atoms with Gasteiger partial charge in [-0.25, -0.2) is 0 Å². The summed E-state index contributed by atoms with van der Waals surface area (Å²) in [6.45, 7) is 8.89. The summed E-state index contributed by atoms with van der Waals surface area (Å²) in [6.07, 6.45) is 5.84. The Morgan fingerprint density at radius 2 is 1.90 bits per heavy atom. The van der Waals surface area contributed by atoms with E-state index in [9.17, 15) is 4.79 Å². The second kappa shape index (κ2) is 6.90. The summed E-state index contributed by atoms with van der Waals surface area (Å²) in [5.41, 5.74) is 5.59. The van der Waals surface area contributed by atoms with E-state index in [1.807, 2.05) is 27.8 Å². The molecule has 1 aliphatic carbocycles. The van der Waals surface area contributed by atoms with E-state index in [4.69, 9.17) is 10.5 Å². The molecular weight excluding hydrogens is 252 g/mol. The Balaban J connectivity index is 2.59. The summed E-state index contributed by atoms with van der Waals surface area (Å²) in [6, 6.07) is 0. The van der Waals surface area contributed by atoms with Gasteiger partial charge in [0.05, 0.1) is 6.54 Å². The predicted octanol–water partition coefficient (Wildman–Crippen LogP) is 2.56. The fraction of sp³-hybridized carbons (Fsp3) is 0.938. The molecule has 0 aromatic rings. The average Bonchev–Trinajstić information content (AvgIpc) is 2.36. The molecule has 118 valence electrons. The van der Waals surface area contributed by atoms with Gasteiger partial charge in [0, 0.05) is 12.1 Å². The van der Waals surface area contributed by atoms with Gasteiger partial charge in [-0.15, -0.1) is 0 Å². The van der Waals surface area contributed by atoms with Crippen LogP contribution in [0, 0.1) is 5.92 Å². The lowest BCUT2D eigenvalue weighted by Crippen LogP contribution is -2.55. The highest BCUT2D eigenvalue weighted by molar-refractivity contribution is 5.72. The van der Waals surface area contributed by atoms with Gasteiger partial charge >= 0.3 is 5.97 Å². The van der Waals surface area contributed by atoms with E-state index in [0.29, 0.717) is 13.1 Å².